The molecule has 0 aliphatic carbocycles. The summed E-state index contributed by atoms with van der Waals surface area (Å²) in [5.41, 5.74) is 5.01. The van der Waals surface area contributed by atoms with Gasteiger partial charge in [-0.1, -0.05) is 47.6 Å². The zero-order chi connectivity index (χ0) is 16.6. The summed E-state index contributed by atoms with van der Waals surface area (Å²) in [5.74, 6) is 2.91. The minimum atomic E-state index is 0.196. The molecule has 1 aliphatic rings. The van der Waals surface area contributed by atoms with Gasteiger partial charge in [0.25, 0.3) is 0 Å². The third-order valence-corrected chi connectivity index (χ3v) is 5.09. The van der Waals surface area contributed by atoms with Gasteiger partial charge in [0.1, 0.15) is 5.75 Å². The van der Waals surface area contributed by atoms with E-state index < -0.39 is 0 Å². The fourth-order valence-electron chi connectivity index (χ4n) is 3.20. The van der Waals surface area contributed by atoms with Crippen LogP contribution in [-0.4, -0.2) is 11.1 Å². The van der Waals surface area contributed by atoms with E-state index in [-0.39, 0.29) is 6.10 Å². The van der Waals surface area contributed by atoms with Crippen LogP contribution in [0.15, 0.2) is 12.3 Å². The molecule has 0 saturated heterocycles. The van der Waals surface area contributed by atoms with Gasteiger partial charge in [-0.15, -0.1) is 0 Å². The minimum absolute atomic E-state index is 0.196. The van der Waals surface area contributed by atoms with Gasteiger partial charge in [-0.05, 0) is 48.7 Å². The lowest BCUT2D eigenvalue weighted by atomic mass is 9.81. The Balaban J connectivity index is 2.77. The Bertz CT molecular complexity index is 571. The molecule has 0 saturated carbocycles. The van der Waals surface area contributed by atoms with Gasteiger partial charge >= 0.3 is 0 Å². The molecule has 2 heteroatoms. The molecule has 0 bridgehead atoms. The highest BCUT2D eigenvalue weighted by molar-refractivity contribution is 5.75. The van der Waals surface area contributed by atoms with Crippen LogP contribution in [0.5, 0.6) is 5.75 Å². The van der Waals surface area contributed by atoms with Crippen LogP contribution in [-0.2, 0) is 0 Å². The second-order valence-corrected chi connectivity index (χ2v) is 7.48. The van der Waals surface area contributed by atoms with Gasteiger partial charge in [-0.3, -0.25) is 4.98 Å². The monoisotopic (exact) mass is 301 g/mol. The molecule has 0 fully saturated rings. The molecule has 22 heavy (non-hydrogen) atoms. The van der Waals surface area contributed by atoms with Crippen LogP contribution in [0, 0.1) is 24.7 Å². The molecule has 3 atom stereocenters. The number of fused-ring (bicyclic) bond motifs is 1. The maximum atomic E-state index is 6.42. The first-order valence-electron chi connectivity index (χ1n) is 8.62. The number of hydrogen-bond donors (Lipinski definition) is 0. The van der Waals surface area contributed by atoms with Gasteiger partial charge in [0, 0.05) is 11.8 Å². The van der Waals surface area contributed by atoms with Crippen LogP contribution < -0.4 is 4.74 Å². The maximum absolute atomic E-state index is 6.42. The molecule has 0 amide bonds. The van der Waals surface area contributed by atoms with Crippen molar-refractivity contribution in [2.45, 2.75) is 67.4 Å². The van der Waals surface area contributed by atoms with Crippen LogP contribution in [0.4, 0.5) is 0 Å². The van der Waals surface area contributed by atoms with E-state index in [0.717, 1.165) is 11.4 Å². The first-order valence-corrected chi connectivity index (χ1v) is 8.62. The second kappa shape index (κ2) is 6.44. The van der Waals surface area contributed by atoms with Gasteiger partial charge in [-0.2, -0.15) is 0 Å². The Morgan fingerprint density at radius 1 is 1.05 bits per heavy atom. The van der Waals surface area contributed by atoms with Crippen molar-refractivity contribution in [3.05, 3.63) is 29.1 Å². The highest BCUT2D eigenvalue weighted by Gasteiger charge is 2.29. The minimum Gasteiger partial charge on any atom is -0.488 e. The molecular formula is C20H31NO. The predicted molar refractivity (Wildman–Crippen MR) is 94.3 cm³/mol. The van der Waals surface area contributed by atoms with Crippen LogP contribution in [0.25, 0.3) is 5.57 Å². The van der Waals surface area contributed by atoms with E-state index in [1.54, 1.807) is 0 Å². The van der Waals surface area contributed by atoms with Crippen molar-refractivity contribution in [2.75, 3.05) is 0 Å². The summed E-state index contributed by atoms with van der Waals surface area (Å²) in [4.78, 5) is 4.61. The number of nitrogens with zero attached hydrogens (tertiary/aromatic N) is 1. The molecule has 2 heterocycles. The van der Waals surface area contributed by atoms with E-state index in [2.05, 4.69) is 66.4 Å². The van der Waals surface area contributed by atoms with E-state index in [4.69, 9.17) is 4.74 Å². The Hall–Kier alpha value is -1.31. The third kappa shape index (κ3) is 3.06. The molecule has 0 N–H and O–H groups in total. The lowest BCUT2D eigenvalue weighted by molar-refractivity contribution is 0.136. The Morgan fingerprint density at radius 2 is 1.68 bits per heavy atom. The molecule has 1 aromatic rings. The molecule has 2 nitrogen and oxygen atoms in total. The number of pyridine rings is 1. The number of ether oxygens (including phenoxy) is 1. The smallest absolute Gasteiger partial charge is 0.148 e. The van der Waals surface area contributed by atoms with E-state index in [0.29, 0.717) is 23.7 Å². The van der Waals surface area contributed by atoms with E-state index in [9.17, 15) is 0 Å². The lowest BCUT2D eigenvalue weighted by Gasteiger charge is -2.33. The van der Waals surface area contributed by atoms with Crippen molar-refractivity contribution >= 4 is 5.57 Å². The van der Waals surface area contributed by atoms with Crippen molar-refractivity contribution in [1.82, 2.24) is 4.98 Å². The standard InChI is InChI=1S/C20H31NO/c1-11(2)17-9-13(5)14(6)16(8)22-20-15(7)21-10-18(12(3)4)19(17)20/h9-14,16H,1-8H3/b17-9-/t13-,14-,16-/m1/s1. The Morgan fingerprint density at radius 3 is 2.23 bits per heavy atom. The van der Waals surface area contributed by atoms with Crippen molar-refractivity contribution in [3.63, 3.8) is 0 Å². The molecule has 0 aromatic carbocycles. The number of aryl methyl sites for hydroxylation is 1. The highest BCUT2D eigenvalue weighted by Crippen LogP contribution is 2.42. The normalized spacial score (nSPS) is 27.7. The fraction of sp³-hybridized carbons (Fsp3) is 0.650. The average Bonchev–Trinajstić information content (AvgIpc) is 2.44. The Kier molecular flexibility index (Phi) is 4.99. The molecule has 0 unspecified atom stereocenters. The average molecular weight is 301 g/mol. The number of rotatable bonds is 2. The van der Waals surface area contributed by atoms with E-state index in [1.165, 1.54) is 16.7 Å². The summed E-state index contributed by atoms with van der Waals surface area (Å²) in [6, 6.07) is 0. The first-order chi connectivity index (χ1) is 10.2. The van der Waals surface area contributed by atoms with Gasteiger partial charge in [-0.25, -0.2) is 0 Å². The summed E-state index contributed by atoms with van der Waals surface area (Å²) < 4.78 is 6.42. The predicted octanol–water partition coefficient (Wildman–Crippen LogP) is 5.61. The van der Waals surface area contributed by atoms with Crippen LogP contribution in [0.1, 0.15) is 71.2 Å². The molecule has 0 radical (unpaired) electrons. The molecule has 0 spiro atoms. The first kappa shape index (κ1) is 17.1. The van der Waals surface area contributed by atoms with Crippen molar-refractivity contribution in [1.29, 1.82) is 0 Å². The largest absolute Gasteiger partial charge is 0.488 e. The topological polar surface area (TPSA) is 22.1 Å². The van der Waals surface area contributed by atoms with Crippen LogP contribution in [0.3, 0.4) is 0 Å². The molecule has 1 aliphatic heterocycles. The Labute approximate surface area is 136 Å². The zero-order valence-electron chi connectivity index (χ0n) is 15.4. The summed E-state index contributed by atoms with van der Waals surface area (Å²) in [5, 5.41) is 0. The van der Waals surface area contributed by atoms with Crippen LogP contribution in [0.2, 0.25) is 0 Å². The fourth-order valence-corrected chi connectivity index (χ4v) is 3.20. The van der Waals surface area contributed by atoms with Crippen molar-refractivity contribution in [3.8, 4) is 5.75 Å². The number of aromatic nitrogens is 1. The zero-order valence-corrected chi connectivity index (χ0v) is 15.4. The van der Waals surface area contributed by atoms with Gasteiger partial charge < -0.3 is 4.74 Å². The quantitative estimate of drug-likeness (QED) is 0.708. The molecule has 122 valence electrons. The molecular weight excluding hydrogens is 270 g/mol. The summed E-state index contributed by atoms with van der Waals surface area (Å²) in [7, 11) is 0. The lowest BCUT2D eigenvalue weighted by Crippen LogP contribution is -2.29. The summed E-state index contributed by atoms with van der Waals surface area (Å²) >= 11 is 0. The molecule has 2 rings (SSSR count). The van der Waals surface area contributed by atoms with Crippen molar-refractivity contribution < 1.29 is 4.74 Å². The number of hydrogen-bond acceptors (Lipinski definition) is 2. The summed E-state index contributed by atoms with van der Waals surface area (Å²) in [6.07, 6.45) is 4.71. The van der Waals surface area contributed by atoms with Gasteiger partial charge in [0.05, 0.1) is 11.8 Å². The molecule has 1 aromatic heterocycles. The van der Waals surface area contributed by atoms with Gasteiger partial charge in [0.15, 0.2) is 0 Å². The second-order valence-electron chi connectivity index (χ2n) is 7.48. The van der Waals surface area contributed by atoms with E-state index in [1.807, 2.05) is 6.20 Å². The maximum Gasteiger partial charge on any atom is 0.148 e. The SMILES string of the molecule is Cc1ncc(C(C)C)c2c1O[C@H](C)[C@H](C)[C@H](C)/C=C\2C(C)C. The van der Waals surface area contributed by atoms with E-state index >= 15 is 0 Å². The van der Waals surface area contributed by atoms with Crippen LogP contribution >= 0.6 is 0 Å². The van der Waals surface area contributed by atoms with Gasteiger partial charge in [0.2, 0.25) is 0 Å². The number of allylic oxidation sites excluding steroid dienone is 2. The van der Waals surface area contributed by atoms with Crippen molar-refractivity contribution in [2.24, 2.45) is 17.8 Å². The summed E-state index contributed by atoms with van der Waals surface area (Å²) in [6.45, 7) is 17.8. The third-order valence-electron chi connectivity index (χ3n) is 5.09. The highest BCUT2D eigenvalue weighted by atomic mass is 16.5.